The molecule has 1 amide bonds. The molecule has 0 aliphatic carbocycles. The SMILES string of the molecule is CCc1ccc(CNC(=O)CC2CCNC2)s1.Cl. The highest BCUT2D eigenvalue weighted by Crippen LogP contribution is 2.17. The van der Waals surface area contributed by atoms with Gasteiger partial charge in [0, 0.05) is 16.2 Å². The average molecular weight is 289 g/mol. The van der Waals surface area contributed by atoms with E-state index in [1.54, 1.807) is 11.3 Å². The fourth-order valence-electron chi connectivity index (χ4n) is 2.12. The van der Waals surface area contributed by atoms with Gasteiger partial charge in [0.05, 0.1) is 6.54 Å². The summed E-state index contributed by atoms with van der Waals surface area (Å²) < 4.78 is 0. The van der Waals surface area contributed by atoms with Crippen LogP contribution in [-0.2, 0) is 17.8 Å². The molecule has 18 heavy (non-hydrogen) atoms. The van der Waals surface area contributed by atoms with Crippen LogP contribution in [0.2, 0.25) is 0 Å². The molecule has 1 atom stereocenters. The summed E-state index contributed by atoms with van der Waals surface area (Å²) >= 11 is 1.79. The Balaban J connectivity index is 0.00000162. The van der Waals surface area contributed by atoms with Crippen LogP contribution in [0.25, 0.3) is 0 Å². The maximum Gasteiger partial charge on any atom is 0.220 e. The van der Waals surface area contributed by atoms with Gasteiger partial charge in [-0.05, 0) is 44.0 Å². The minimum atomic E-state index is 0. The Bertz CT molecular complexity index is 375. The zero-order valence-electron chi connectivity index (χ0n) is 10.7. The molecule has 1 aliphatic heterocycles. The topological polar surface area (TPSA) is 41.1 Å². The molecule has 1 unspecified atom stereocenters. The minimum absolute atomic E-state index is 0. The van der Waals surface area contributed by atoms with Crippen molar-refractivity contribution in [3.05, 3.63) is 21.9 Å². The predicted octanol–water partition coefficient (Wildman–Crippen LogP) is 2.35. The molecule has 1 aliphatic rings. The van der Waals surface area contributed by atoms with E-state index in [1.807, 2.05) is 0 Å². The highest BCUT2D eigenvalue weighted by molar-refractivity contribution is 7.11. The smallest absolute Gasteiger partial charge is 0.220 e. The molecule has 1 saturated heterocycles. The number of nitrogens with one attached hydrogen (secondary N) is 2. The van der Waals surface area contributed by atoms with Gasteiger partial charge in [-0.2, -0.15) is 0 Å². The van der Waals surface area contributed by atoms with E-state index in [2.05, 4.69) is 29.7 Å². The van der Waals surface area contributed by atoms with Crippen molar-refractivity contribution in [2.45, 2.75) is 32.7 Å². The number of rotatable bonds is 5. The number of amides is 1. The van der Waals surface area contributed by atoms with Gasteiger partial charge in [0.25, 0.3) is 0 Å². The van der Waals surface area contributed by atoms with Crippen molar-refractivity contribution in [1.82, 2.24) is 10.6 Å². The van der Waals surface area contributed by atoms with Crippen LogP contribution < -0.4 is 10.6 Å². The zero-order valence-corrected chi connectivity index (χ0v) is 12.3. The highest BCUT2D eigenvalue weighted by atomic mass is 35.5. The van der Waals surface area contributed by atoms with E-state index in [0.29, 0.717) is 18.9 Å². The van der Waals surface area contributed by atoms with E-state index in [9.17, 15) is 4.79 Å². The molecule has 1 aromatic rings. The molecule has 2 rings (SSSR count). The van der Waals surface area contributed by atoms with E-state index >= 15 is 0 Å². The number of halogens is 1. The Morgan fingerprint density at radius 3 is 2.89 bits per heavy atom. The Morgan fingerprint density at radius 2 is 2.28 bits per heavy atom. The molecule has 0 spiro atoms. The Hall–Kier alpha value is -0.580. The highest BCUT2D eigenvalue weighted by Gasteiger charge is 2.17. The van der Waals surface area contributed by atoms with Crippen LogP contribution in [0, 0.1) is 5.92 Å². The Morgan fingerprint density at radius 1 is 1.50 bits per heavy atom. The van der Waals surface area contributed by atoms with Gasteiger partial charge in [0.2, 0.25) is 5.91 Å². The van der Waals surface area contributed by atoms with E-state index in [1.165, 1.54) is 9.75 Å². The molecule has 1 fully saturated rings. The fraction of sp³-hybridized carbons (Fsp3) is 0.615. The summed E-state index contributed by atoms with van der Waals surface area (Å²) in [4.78, 5) is 14.3. The summed E-state index contributed by atoms with van der Waals surface area (Å²) in [7, 11) is 0. The number of hydrogen-bond acceptors (Lipinski definition) is 3. The maximum atomic E-state index is 11.7. The molecular weight excluding hydrogens is 268 g/mol. The summed E-state index contributed by atoms with van der Waals surface area (Å²) in [5.74, 6) is 0.717. The van der Waals surface area contributed by atoms with Crippen molar-refractivity contribution in [1.29, 1.82) is 0 Å². The molecule has 0 aromatic carbocycles. The predicted molar refractivity (Wildman–Crippen MR) is 78.4 cm³/mol. The Labute approximate surface area is 119 Å². The lowest BCUT2D eigenvalue weighted by molar-refractivity contribution is -0.122. The second-order valence-corrected chi connectivity index (χ2v) is 5.81. The van der Waals surface area contributed by atoms with Crippen molar-refractivity contribution in [3.8, 4) is 0 Å². The van der Waals surface area contributed by atoms with Crippen LogP contribution in [0.5, 0.6) is 0 Å². The lowest BCUT2D eigenvalue weighted by atomic mass is 10.0. The van der Waals surface area contributed by atoms with E-state index in [-0.39, 0.29) is 18.3 Å². The van der Waals surface area contributed by atoms with Gasteiger partial charge in [-0.3, -0.25) is 4.79 Å². The van der Waals surface area contributed by atoms with E-state index in [4.69, 9.17) is 0 Å². The summed E-state index contributed by atoms with van der Waals surface area (Å²) in [6.45, 7) is 4.89. The van der Waals surface area contributed by atoms with Gasteiger partial charge in [0.1, 0.15) is 0 Å². The molecule has 2 N–H and O–H groups in total. The average Bonchev–Trinajstić information content (AvgIpc) is 2.96. The first-order chi connectivity index (χ1) is 8.28. The van der Waals surface area contributed by atoms with Gasteiger partial charge in [-0.25, -0.2) is 0 Å². The van der Waals surface area contributed by atoms with E-state index in [0.717, 1.165) is 25.9 Å². The second-order valence-electron chi connectivity index (χ2n) is 4.56. The van der Waals surface area contributed by atoms with E-state index < -0.39 is 0 Å². The van der Waals surface area contributed by atoms with Crippen LogP contribution in [0.1, 0.15) is 29.5 Å². The third kappa shape index (κ3) is 4.59. The lowest BCUT2D eigenvalue weighted by Crippen LogP contribution is -2.25. The van der Waals surface area contributed by atoms with Crippen LogP contribution in [0.3, 0.4) is 0 Å². The van der Waals surface area contributed by atoms with Gasteiger partial charge in [-0.1, -0.05) is 6.92 Å². The zero-order chi connectivity index (χ0) is 12.1. The second kappa shape index (κ2) is 7.77. The molecule has 5 heteroatoms. The summed E-state index contributed by atoms with van der Waals surface area (Å²) in [6.07, 6.45) is 2.87. The first-order valence-corrected chi connectivity index (χ1v) is 7.14. The standard InChI is InChI=1S/C13H20N2OS.ClH/c1-2-11-3-4-12(17-11)9-15-13(16)7-10-5-6-14-8-10;/h3-4,10,14H,2,5-9H2,1H3,(H,15,16);1H. The van der Waals surface area contributed by atoms with Crippen molar-refractivity contribution >= 4 is 29.7 Å². The molecular formula is C13H21ClN2OS. The molecule has 2 heterocycles. The summed E-state index contributed by atoms with van der Waals surface area (Å²) in [5.41, 5.74) is 0. The summed E-state index contributed by atoms with van der Waals surface area (Å²) in [5, 5.41) is 6.29. The number of aryl methyl sites for hydroxylation is 1. The van der Waals surface area contributed by atoms with Gasteiger partial charge in [0.15, 0.2) is 0 Å². The van der Waals surface area contributed by atoms with Crippen LogP contribution in [0.4, 0.5) is 0 Å². The first-order valence-electron chi connectivity index (χ1n) is 6.33. The first kappa shape index (κ1) is 15.5. The number of hydrogen-bond donors (Lipinski definition) is 2. The number of thiophene rings is 1. The molecule has 0 radical (unpaired) electrons. The molecule has 0 bridgehead atoms. The van der Waals surface area contributed by atoms with Gasteiger partial charge >= 0.3 is 0 Å². The summed E-state index contributed by atoms with van der Waals surface area (Å²) in [6, 6.07) is 4.26. The maximum absolute atomic E-state index is 11.7. The van der Waals surface area contributed by atoms with Crippen LogP contribution in [0.15, 0.2) is 12.1 Å². The minimum Gasteiger partial charge on any atom is -0.351 e. The lowest BCUT2D eigenvalue weighted by Gasteiger charge is -2.08. The largest absolute Gasteiger partial charge is 0.351 e. The normalized spacial score (nSPS) is 18.4. The monoisotopic (exact) mass is 288 g/mol. The van der Waals surface area contributed by atoms with Crippen molar-refractivity contribution < 1.29 is 4.79 Å². The quantitative estimate of drug-likeness (QED) is 0.873. The van der Waals surface area contributed by atoms with Crippen molar-refractivity contribution in [3.63, 3.8) is 0 Å². The number of carbonyl (C=O) groups is 1. The molecule has 102 valence electrons. The molecule has 0 saturated carbocycles. The van der Waals surface area contributed by atoms with Crippen LogP contribution >= 0.6 is 23.7 Å². The van der Waals surface area contributed by atoms with Crippen LogP contribution in [-0.4, -0.2) is 19.0 Å². The fourth-order valence-corrected chi connectivity index (χ4v) is 3.01. The third-order valence-electron chi connectivity index (χ3n) is 3.16. The third-order valence-corrected chi connectivity index (χ3v) is 4.39. The van der Waals surface area contributed by atoms with Crippen molar-refractivity contribution in [2.24, 2.45) is 5.92 Å². The molecule has 3 nitrogen and oxygen atoms in total. The van der Waals surface area contributed by atoms with Gasteiger partial charge < -0.3 is 10.6 Å². The Kier molecular flexibility index (Phi) is 6.68. The molecule has 1 aromatic heterocycles. The van der Waals surface area contributed by atoms with Gasteiger partial charge in [-0.15, -0.1) is 23.7 Å². The van der Waals surface area contributed by atoms with Crippen molar-refractivity contribution in [2.75, 3.05) is 13.1 Å². The number of carbonyl (C=O) groups excluding carboxylic acids is 1.